The average molecular weight is 439 g/mol. The number of hydrogen-bond donors (Lipinski definition) is 2. The fraction of sp³-hybridized carbons (Fsp3) is 0.217. The van der Waals surface area contributed by atoms with Crippen molar-refractivity contribution >= 4 is 23.7 Å². The summed E-state index contributed by atoms with van der Waals surface area (Å²) in [6, 6.07) is 12.3. The van der Waals surface area contributed by atoms with Crippen molar-refractivity contribution in [3.8, 4) is 11.5 Å². The van der Waals surface area contributed by atoms with E-state index in [1.165, 1.54) is 35.2 Å². The number of nitrogens with one attached hydrogen (secondary N) is 1. The molecule has 32 heavy (non-hydrogen) atoms. The number of esters is 2. The minimum atomic E-state index is -0.574. The summed E-state index contributed by atoms with van der Waals surface area (Å²) in [4.78, 5) is 37.5. The number of nitrogens with two attached hydrogens (primary N) is 1. The lowest BCUT2D eigenvalue weighted by Gasteiger charge is -2.20. The van der Waals surface area contributed by atoms with Crippen molar-refractivity contribution in [2.45, 2.75) is 6.92 Å². The molecule has 0 aliphatic carbocycles. The third kappa shape index (κ3) is 7.28. The lowest BCUT2D eigenvalue weighted by Crippen LogP contribution is -2.39. The van der Waals surface area contributed by atoms with Crippen LogP contribution in [0.25, 0.3) is 0 Å². The van der Waals surface area contributed by atoms with Crippen LogP contribution in [0.3, 0.4) is 0 Å². The van der Waals surface area contributed by atoms with Gasteiger partial charge in [0.2, 0.25) is 0 Å². The number of carbonyl (C=O) groups excluding carboxylic acids is 3. The molecule has 0 aliphatic heterocycles. The van der Waals surface area contributed by atoms with Crippen molar-refractivity contribution < 1.29 is 28.6 Å². The first kappa shape index (κ1) is 24.1. The molecule has 0 aromatic heterocycles. The van der Waals surface area contributed by atoms with Crippen molar-refractivity contribution in [3.05, 3.63) is 72.3 Å². The van der Waals surface area contributed by atoms with Gasteiger partial charge in [0.25, 0.3) is 5.91 Å². The van der Waals surface area contributed by atoms with Gasteiger partial charge in [-0.25, -0.2) is 4.79 Å². The van der Waals surface area contributed by atoms with E-state index in [-0.39, 0.29) is 37.7 Å². The molecule has 0 saturated heterocycles. The van der Waals surface area contributed by atoms with Crippen molar-refractivity contribution in [2.24, 2.45) is 5.73 Å². The molecule has 2 aromatic carbocycles. The second-order valence-electron chi connectivity index (χ2n) is 6.51. The molecule has 0 aliphatic rings. The molecule has 9 nitrogen and oxygen atoms in total. The van der Waals surface area contributed by atoms with Crippen LogP contribution in [0.5, 0.6) is 11.5 Å². The second-order valence-corrected chi connectivity index (χ2v) is 6.51. The van der Waals surface area contributed by atoms with E-state index in [1.807, 2.05) is 0 Å². The number of amidine groups is 1. The Kier molecular flexibility index (Phi) is 8.97. The molecule has 0 saturated carbocycles. The van der Waals surface area contributed by atoms with E-state index in [2.05, 4.69) is 6.58 Å². The zero-order valence-corrected chi connectivity index (χ0v) is 17.7. The van der Waals surface area contributed by atoms with E-state index in [1.54, 1.807) is 31.2 Å². The maximum Gasteiger partial charge on any atom is 0.343 e. The molecule has 2 aromatic rings. The van der Waals surface area contributed by atoms with E-state index in [0.717, 1.165) is 0 Å². The van der Waals surface area contributed by atoms with Crippen LogP contribution in [0.4, 0.5) is 0 Å². The zero-order valence-electron chi connectivity index (χ0n) is 17.7. The summed E-state index contributed by atoms with van der Waals surface area (Å²) < 4.78 is 15.6. The van der Waals surface area contributed by atoms with Crippen molar-refractivity contribution in [3.63, 3.8) is 0 Å². The lowest BCUT2D eigenvalue weighted by molar-refractivity contribution is -0.149. The van der Waals surface area contributed by atoms with Crippen LogP contribution in [0.2, 0.25) is 0 Å². The quantitative estimate of drug-likeness (QED) is 0.180. The third-order valence-electron chi connectivity index (χ3n) is 4.16. The maximum atomic E-state index is 12.3. The van der Waals surface area contributed by atoms with Crippen LogP contribution in [0, 0.1) is 5.41 Å². The molecule has 3 N–H and O–H groups in total. The molecule has 0 fully saturated rings. The number of nitrogen functional groups attached to an aromatic ring is 1. The maximum absolute atomic E-state index is 12.3. The van der Waals surface area contributed by atoms with Gasteiger partial charge in [0.15, 0.2) is 6.61 Å². The highest BCUT2D eigenvalue weighted by molar-refractivity contribution is 5.95. The summed E-state index contributed by atoms with van der Waals surface area (Å²) in [5, 5.41) is 7.36. The average Bonchev–Trinajstić information content (AvgIpc) is 2.78. The molecule has 168 valence electrons. The molecule has 0 atom stereocenters. The van der Waals surface area contributed by atoms with Crippen LogP contribution < -0.4 is 15.2 Å². The highest BCUT2D eigenvalue weighted by Gasteiger charge is 2.17. The molecular weight excluding hydrogens is 414 g/mol. The van der Waals surface area contributed by atoms with Gasteiger partial charge in [-0.1, -0.05) is 6.08 Å². The van der Waals surface area contributed by atoms with E-state index in [9.17, 15) is 14.4 Å². The first-order valence-electron chi connectivity index (χ1n) is 9.77. The Balaban J connectivity index is 1.91. The molecule has 0 spiro atoms. The fourth-order valence-electron chi connectivity index (χ4n) is 2.56. The number of ether oxygens (including phenoxy) is 3. The van der Waals surface area contributed by atoms with Crippen molar-refractivity contribution in [1.29, 1.82) is 5.41 Å². The molecule has 2 rings (SSSR count). The van der Waals surface area contributed by atoms with Crippen LogP contribution in [0.1, 0.15) is 22.8 Å². The predicted molar refractivity (Wildman–Crippen MR) is 118 cm³/mol. The number of amides is 1. The Morgan fingerprint density at radius 3 is 2.19 bits per heavy atom. The molecule has 0 unspecified atom stereocenters. The minimum Gasteiger partial charge on any atom is -0.484 e. The minimum absolute atomic E-state index is 0.0783. The van der Waals surface area contributed by atoms with Gasteiger partial charge in [0.05, 0.1) is 12.2 Å². The summed E-state index contributed by atoms with van der Waals surface area (Å²) in [5.41, 5.74) is 6.20. The van der Waals surface area contributed by atoms with Gasteiger partial charge in [0.1, 0.15) is 23.9 Å². The Morgan fingerprint density at radius 1 is 1.03 bits per heavy atom. The van der Waals surface area contributed by atoms with Gasteiger partial charge >= 0.3 is 11.9 Å². The number of carbonyl (C=O) groups is 3. The number of nitrogens with zero attached hydrogens (tertiary/aromatic N) is 1. The van der Waals surface area contributed by atoms with Gasteiger partial charge in [-0.2, -0.15) is 0 Å². The van der Waals surface area contributed by atoms with E-state index < -0.39 is 17.8 Å². The topological polar surface area (TPSA) is 132 Å². The van der Waals surface area contributed by atoms with Gasteiger partial charge < -0.3 is 24.8 Å². The van der Waals surface area contributed by atoms with Crippen molar-refractivity contribution in [1.82, 2.24) is 4.90 Å². The summed E-state index contributed by atoms with van der Waals surface area (Å²) in [6.07, 6.45) is 1.51. The highest BCUT2D eigenvalue weighted by Crippen LogP contribution is 2.17. The standard InChI is InChI=1S/C23H25N3O6/c1-3-13-26(14-21(28)30-4-2)20(27)15-31-18-9-7-17(8-10-18)23(29)32-19-11-5-16(6-12-19)22(24)25/h3,5-12H,1,4,13-15H2,2H3,(H3,24,25). The summed E-state index contributed by atoms with van der Waals surface area (Å²) in [5.74, 6) is -0.887. The van der Waals surface area contributed by atoms with E-state index in [4.69, 9.17) is 25.4 Å². The predicted octanol–water partition coefficient (Wildman–Crippen LogP) is 2.15. The third-order valence-corrected chi connectivity index (χ3v) is 4.16. The second kappa shape index (κ2) is 11.9. The number of rotatable bonds is 11. The van der Waals surface area contributed by atoms with Gasteiger partial charge in [-0.15, -0.1) is 6.58 Å². The summed E-state index contributed by atoms with van der Waals surface area (Å²) in [7, 11) is 0. The number of benzene rings is 2. The molecule has 0 bridgehead atoms. The van der Waals surface area contributed by atoms with Gasteiger partial charge in [-0.05, 0) is 55.5 Å². The zero-order chi connectivity index (χ0) is 23.5. The van der Waals surface area contributed by atoms with Crippen molar-refractivity contribution in [2.75, 3.05) is 26.3 Å². The van der Waals surface area contributed by atoms with Crippen LogP contribution in [-0.4, -0.2) is 54.9 Å². The molecular formula is C23H25N3O6. The van der Waals surface area contributed by atoms with E-state index in [0.29, 0.717) is 17.1 Å². The Bertz CT molecular complexity index is 970. The Morgan fingerprint density at radius 2 is 1.62 bits per heavy atom. The first-order chi connectivity index (χ1) is 15.3. The monoisotopic (exact) mass is 439 g/mol. The Hall–Kier alpha value is -4.14. The number of hydrogen-bond acceptors (Lipinski definition) is 7. The fourth-order valence-corrected chi connectivity index (χ4v) is 2.56. The van der Waals surface area contributed by atoms with Crippen LogP contribution >= 0.6 is 0 Å². The van der Waals surface area contributed by atoms with Crippen LogP contribution in [0.15, 0.2) is 61.2 Å². The van der Waals surface area contributed by atoms with E-state index >= 15 is 0 Å². The first-order valence-corrected chi connectivity index (χ1v) is 9.77. The largest absolute Gasteiger partial charge is 0.484 e. The molecule has 1 amide bonds. The SMILES string of the molecule is C=CCN(CC(=O)OCC)C(=O)COc1ccc(C(=O)Oc2ccc(C(=N)N)cc2)cc1. The van der Waals surface area contributed by atoms with Crippen LogP contribution in [-0.2, 0) is 14.3 Å². The molecule has 0 radical (unpaired) electrons. The smallest absolute Gasteiger partial charge is 0.343 e. The highest BCUT2D eigenvalue weighted by atomic mass is 16.5. The summed E-state index contributed by atoms with van der Waals surface area (Å²) >= 11 is 0. The Labute approximate surface area is 185 Å². The van der Waals surface area contributed by atoms with Gasteiger partial charge in [-0.3, -0.25) is 15.0 Å². The normalized spacial score (nSPS) is 10.0. The molecule has 0 heterocycles. The summed E-state index contributed by atoms with van der Waals surface area (Å²) in [6.45, 7) is 5.18. The molecule has 9 heteroatoms. The lowest BCUT2D eigenvalue weighted by atomic mass is 10.2. The van der Waals surface area contributed by atoms with Gasteiger partial charge in [0, 0.05) is 12.1 Å².